The molecule has 0 aromatic heterocycles. The summed E-state index contributed by atoms with van der Waals surface area (Å²) in [5, 5.41) is 1.89. The molecule has 1 aliphatic heterocycles. The number of carbonyl (C=O) groups excluding carboxylic acids is 1. The number of nitrogens with zero attached hydrogens (tertiary/aromatic N) is 1. The number of nitrogens with one attached hydrogen (secondary N) is 1. The van der Waals surface area contributed by atoms with Crippen molar-refractivity contribution in [3.8, 4) is 0 Å². The second kappa shape index (κ2) is 5.61. The molecular weight excluding hydrogens is 206 g/mol. The monoisotopic (exact) mass is 229 g/mol. The van der Waals surface area contributed by atoms with Crippen molar-refractivity contribution in [1.29, 1.82) is 0 Å². The average Bonchev–Trinajstić information content (AvgIpc) is 2.17. The van der Waals surface area contributed by atoms with E-state index in [1.54, 1.807) is 0 Å². The maximum atomic E-state index is 11.7. The van der Waals surface area contributed by atoms with E-state index in [-0.39, 0.29) is 17.4 Å². The van der Waals surface area contributed by atoms with Crippen molar-refractivity contribution in [2.45, 2.75) is 33.2 Å². The predicted molar refractivity (Wildman–Crippen MR) is 62.6 cm³/mol. The van der Waals surface area contributed by atoms with Gasteiger partial charge in [0.2, 0.25) is 5.91 Å². The smallest absolute Gasteiger partial charge is 0.235 e. The van der Waals surface area contributed by atoms with Gasteiger partial charge >= 0.3 is 0 Å². The highest BCUT2D eigenvalue weighted by Crippen LogP contribution is 2.19. The van der Waals surface area contributed by atoms with E-state index in [1.807, 2.05) is 25.8 Å². The highest BCUT2D eigenvalue weighted by Gasteiger charge is 2.24. The van der Waals surface area contributed by atoms with E-state index >= 15 is 0 Å². The summed E-state index contributed by atoms with van der Waals surface area (Å²) >= 11 is 0. The molecule has 0 saturated carbocycles. The Hall–Kier alpha value is -0.650. The Bertz CT molecular complexity index is 232. The lowest BCUT2D eigenvalue weighted by Crippen LogP contribution is -2.50. The molecule has 0 aliphatic carbocycles. The summed E-state index contributed by atoms with van der Waals surface area (Å²) in [4.78, 5) is 11.7. The molecule has 94 valence electrons. The number of amides is 1. The van der Waals surface area contributed by atoms with Crippen molar-refractivity contribution in [3.05, 3.63) is 0 Å². The van der Waals surface area contributed by atoms with E-state index in [2.05, 4.69) is 5.43 Å². The quantitative estimate of drug-likeness (QED) is 0.721. The van der Waals surface area contributed by atoms with Gasteiger partial charge in [-0.15, -0.1) is 0 Å². The van der Waals surface area contributed by atoms with Crippen LogP contribution >= 0.6 is 0 Å². The molecule has 0 aromatic carbocycles. The Balaban J connectivity index is 2.29. The molecular formula is C11H23N3O2. The molecule has 1 amide bonds. The minimum atomic E-state index is -0.117. The molecule has 1 atom stereocenters. The van der Waals surface area contributed by atoms with Gasteiger partial charge < -0.3 is 10.5 Å². The summed E-state index contributed by atoms with van der Waals surface area (Å²) in [6.45, 7) is 8.96. The number of nitrogens with two attached hydrogens (primary N) is 1. The molecule has 5 nitrogen and oxygen atoms in total. The number of morpholine rings is 1. The topological polar surface area (TPSA) is 67.6 Å². The molecule has 3 N–H and O–H groups in total. The van der Waals surface area contributed by atoms with Crippen LogP contribution in [0.5, 0.6) is 0 Å². The van der Waals surface area contributed by atoms with Crippen molar-refractivity contribution in [2.75, 3.05) is 26.3 Å². The first kappa shape index (κ1) is 13.4. The van der Waals surface area contributed by atoms with Crippen LogP contribution in [-0.4, -0.2) is 43.3 Å². The van der Waals surface area contributed by atoms with E-state index < -0.39 is 0 Å². The zero-order chi connectivity index (χ0) is 12.2. The standard InChI is InChI=1S/C11H23N3O2/c1-11(2,3)9(12)8-10(15)13-14-4-6-16-7-5-14/h9H,4-8,12H2,1-3H3,(H,13,15). The number of hydrogen-bond acceptors (Lipinski definition) is 4. The number of hydrazine groups is 1. The van der Waals surface area contributed by atoms with Crippen LogP contribution in [0.3, 0.4) is 0 Å². The summed E-state index contributed by atoms with van der Waals surface area (Å²) in [5.41, 5.74) is 8.77. The molecule has 0 bridgehead atoms. The highest BCUT2D eigenvalue weighted by molar-refractivity contribution is 5.76. The second-order valence-corrected chi connectivity index (χ2v) is 5.31. The molecule has 0 spiro atoms. The molecule has 0 radical (unpaired) electrons. The van der Waals surface area contributed by atoms with Crippen molar-refractivity contribution in [1.82, 2.24) is 10.4 Å². The summed E-state index contributed by atoms with van der Waals surface area (Å²) < 4.78 is 5.20. The third-order valence-electron chi connectivity index (χ3n) is 2.81. The molecule has 1 aliphatic rings. The molecule has 1 heterocycles. The largest absolute Gasteiger partial charge is 0.379 e. The third kappa shape index (κ3) is 4.47. The van der Waals surface area contributed by atoms with Gasteiger partial charge in [-0.25, -0.2) is 5.01 Å². The first-order valence-corrected chi connectivity index (χ1v) is 5.77. The van der Waals surface area contributed by atoms with Crippen molar-refractivity contribution >= 4 is 5.91 Å². The van der Waals surface area contributed by atoms with Crippen LogP contribution in [0.25, 0.3) is 0 Å². The SMILES string of the molecule is CC(C)(C)C(N)CC(=O)NN1CCOCC1. The minimum Gasteiger partial charge on any atom is -0.379 e. The molecule has 16 heavy (non-hydrogen) atoms. The van der Waals surface area contributed by atoms with Crippen LogP contribution in [0, 0.1) is 5.41 Å². The molecule has 1 fully saturated rings. The Morgan fingerprint density at radius 2 is 2.00 bits per heavy atom. The van der Waals surface area contributed by atoms with E-state index in [4.69, 9.17) is 10.5 Å². The van der Waals surface area contributed by atoms with E-state index in [9.17, 15) is 4.79 Å². The van der Waals surface area contributed by atoms with Crippen LogP contribution in [-0.2, 0) is 9.53 Å². The Labute approximate surface area is 97.3 Å². The van der Waals surface area contributed by atoms with Gasteiger partial charge in [0.25, 0.3) is 0 Å². The zero-order valence-electron chi connectivity index (χ0n) is 10.5. The normalized spacial score (nSPS) is 20.5. The van der Waals surface area contributed by atoms with Crippen molar-refractivity contribution in [3.63, 3.8) is 0 Å². The Morgan fingerprint density at radius 1 is 1.44 bits per heavy atom. The fraction of sp³-hybridized carbons (Fsp3) is 0.909. The molecule has 5 heteroatoms. The zero-order valence-corrected chi connectivity index (χ0v) is 10.5. The minimum absolute atomic E-state index is 0.00988. The number of rotatable bonds is 3. The fourth-order valence-electron chi connectivity index (χ4n) is 1.40. The molecule has 1 unspecified atom stereocenters. The first-order valence-electron chi connectivity index (χ1n) is 5.77. The predicted octanol–water partition coefficient (Wildman–Crippen LogP) is 0.113. The lowest BCUT2D eigenvalue weighted by atomic mass is 9.85. The molecule has 0 aromatic rings. The van der Waals surface area contributed by atoms with E-state index in [1.165, 1.54) is 0 Å². The maximum absolute atomic E-state index is 11.7. The molecule has 1 saturated heterocycles. The van der Waals surface area contributed by atoms with Crippen LogP contribution in [0.1, 0.15) is 27.2 Å². The fourth-order valence-corrected chi connectivity index (χ4v) is 1.40. The van der Waals surface area contributed by atoms with Gasteiger partial charge in [0.05, 0.1) is 13.2 Å². The van der Waals surface area contributed by atoms with Gasteiger partial charge in [-0.05, 0) is 5.41 Å². The third-order valence-corrected chi connectivity index (χ3v) is 2.81. The van der Waals surface area contributed by atoms with Crippen molar-refractivity contribution in [2.24, 2.45) is 11.1 Å². The van der Waals surface area contributed by atoms with Crippen LogP contribution in [0.15, 0.2) is 0 Å². The Morgan fingerprint density at radius 3 is 2.50 bits per heavy atom. The maximum Gasteiger partial charge on any atom is 0.235 e. The van der Waals surface area contributed by atoms with Gasteiger partial charge in [-0.2, -0.15) is 0 Å². The van der Waals surface area contributed by atoms with Gasteiger partial charge in [-0.3, -0.25) is 10.2 Å². The highest BCUT2D eigenvalue weighted by atomic mass is 16.5. The van der Waals surface area contributed by atoms with Crippen LogP contribution < -0.4 is 11.2 Å². The van der Waals surface area contributed by atoms with Gasteiger partial charge in [-0.1, -0.05) is 20.8 Å². The van der Waals surface area contributed by atoms with Crippen molar-refractivity contribution < 1.29 is 9.53 Å². The Kier molecular flexibility index (Phi) is 4.70. The first-order chi connectivity index (χ1) is 7.39. The summed E-state index contributed by atoms with van der Waals surface area (Å²) in [5.74, 6) is -0.00988. The number of hydrogen-bond donors (Lipinski definition) is 2. The van der Waals surface area contributed by atoms with Gasteiger partial charge in [0, 0.05) is 25.6 Å². The van der Waals surface area contributed by atoms with Crippen LogP contribution in [0.2, 0.25) is 0 Å². The number of carbonyl (C=O) groups is 1. The van der Waals surface area contributed by atoms with Gasteiger partial charge in [0.1, 0.15) is 0 Å². The summed E-state index contributed by atoms with van der Waals surface area (Å²) in [6.07, 6.45) is 0.362. The summed E-state index contributed by atoms with van der Waals surface area (Å²) in [7, 11) is 0. The van der Waals surface area contributed by atoms with E-state index in [0.717, 1.165) is 13.1 Å². The lowest BCUT2D eigenvalue weighted by molar-refractivity contribution is -0.128. The van der Waals surface area contributed by atoms with Gasteiger partial charge in [0.15, 0.2) is 0 Å². The molecule has 1 rings (SSSR count). The second-order valence-electron chi connectivity index (χ2n) is 5.31. The average molecular weight is 229 g/mol. The number of ether oxygens (including phenoxy) is 1. The lowest BCUT2D eigenvalue weighted by Gasteiger charge is -2.30. The van der Waals surface area contributed by atoms with E-state index in [0.29, 0.717) is 19.6 Å². The van der Waals surface area contributed by atoms with Crippen LogP contribution in [0.4, 0.5) is 0 Å². The summed E-state index contributed by atoms with van der Waals surface area (Å²) in [6, 6.07) is -0.117.